The van der Waals surface area contributed by atoms with Gasteiger partial charge in [-0.15, -0.1) is 11.3 Å². The molecule has 2 heterocycles. The maximum absolute atomic E-state index is 11.7. The van der Waals surface area contributed by atoms with Gasteiger partial charge in [-0.25, -0.2) is 9.97 Å². The van der Waals surface area contributed by atoms with Crippen molar-refractivity contribution in [2.45, 2.75) is 20.4 Å². The molecule has 0 fully saturated rings. The number of aromatic nitrogens is 3. The van der Waals surface area contributed by atoms with E-state index in [0.717, 1.165) is 10.7 Å². The summed E-state index contributed by atoms with van der Waals surface area (Å²) in [6.45, 7) is 4.13. The first-order valence-electron chi connectivity index (χ1n) is 4.71. The first-order valence-corrected chi connectivity index (χ1v) is 5.97. The predicted molar refractivity (Wildman–Crippen MR) is 64.2 cm³/mol. The Morgan fingerprint density at radius 3 is 2.75 bits per heavy atom. The average Bonchev–Trinajstić information content (AvgIpc) is 2.58. The van der Waals surface area contributed by atoms with E-state index in [1.54, 1.807) is 22.8 Å². The summed E-state index contributed by atoms with van der Waals surface area (Å²) < 4.78 is 1.56. The van der Waals surface area contributed by atoms with E-state index in [-0.39, 0.29) is 10.7 Å². The van der Waals surface area contributed by atoms with Gasteiger partial charge in [0.2, 0.25) is 0 Å². The molecule has 0 radical (unpaired) electrons. The van der Waals surface area contributed by atoms with Crippen molar-refractivity contribution in [1.82, 2.24) is 14.5 Å². The molecule has 0 saturated carbocycles. The number of thiazole rings is 1. The van der Waals surface area contributed by atoms with Crippen LogP contribution in [0.3, 0.4) is 0 Å². The quantitative estimate of drug-likeness (QED) is 0.772. The molecule has 0 aliphatic rings. The highest BCUT2D eigenvalue weighted by atomic mass is 35.5. The van der Waals surface area contributed by atoms with Gasteiger partial charge in [0.05, 0.1) is 17.2 Å². The Hall–Kier alpha value is -1.20. The fraction of sp³-hybridized carbons (Fsp3) is 0.300. The topological polar surface area (TPSA) is 47.8 Å². The summed E-state index contributed by atoms with van der Waals surface area (Å²) in [6, 6.07) is 1.31. The fourth-order valence-corrected chi connectivity index (χ4v) is 2.24. The zero-order chi connectivity index (χ0) is 11.7. The molecule has 0 aliphatic carbocycles. The third-order valence-electron chi connectivity index (χ3n) is 2.15. The molecule has 84 valence electrons. The van der Waals surface area contributed by atoms with E-state index in [1.165, 1.54) is 6.07 Å². The Labute approximate surface area is 102 Å². The van der Waals surface area contributed by atoms with Gasteiger partial charge in [0.15, 0.2) is 0 Å². The van der Waals surface area contributed by atoms with Crippen molar-refractivity contribution in [3.05, 3.63) is 43.5 Å². The van der Waals surface area contributed by atoms with E-state index >= 15 is 0 Å². The van der Waals surface area contributed by atoms with Crippen molar-refractivity contribution in [1.29, 1.82) is 0 Å². The van der Waals surface area contributed by atoms with Gasteiger partial charge in [-0.3, -0.25) is 9.36 Å². The van der Waals surface area contributed by atoms with Crippen molar-refractivity contribution >= 4 is 22.9 Å². The summed E-state index contributed by atoms with van der Waals surface area (Å²) >= 11 is 7.26. The minimum atomic E-state index is -0.150. The van der Waals surface area contributed by atoms with Gasteiger partial charge in [0, 0.05) is 11.4 Å². The van der Waals surface area contributed by atoms with E-state index in [0.29, 0.717) is 12.4 Å². The minimum Gasteiger partial charge on any atom is -0.291 e. The lowest BCUT2D eigenvalue weighted by Gasteiger charge is -2.06. The molecule has 0 saturated heterocycles. The van der Waals surface area contributed by atoms with Crippen LogP contribution in [0.1, 0.15) is 16.5 Å². The van der Waals surface area contributed by atoms with Crippen molar-refractivity contribution in [3.63, 3.8) is 0 Å². The van der Waals surface area contributed by atoms with Crippen LogP contribution in [-0.4, -0.2) is 14.5 Å². The summed E-state index contributed by atoms with van der Waals surface area (Å²) in [5.74, 6) is 0.600. The Morgan fingerprint density at radius 1 is 1.44 bits per heavy atom. The van der Waals surface area contributed by atoms with Crippen LogP contribution >= 0.6 is 22.9 Å². The average molecular weight is 256 g/mol. The lowest BCUT2D eigenvalue weighted by Crippen LogP contribution is -2.23. The molecule has 16 heavy (non-hydrogen) atoms. The third-order valence-corrected chi connectivity index (χ3v) is 3.17. The maximum Gasteiger partial charge on any atom is 0.255 e. The van der Waals surface area contributed by atoms with Crippen molar-refractivity contribution in [2.24, 2.45) is 0 Å². The Kier molecular flexibility index (Phi) is 3.07. The second kappa shape index (κ2) is 4.35. The number of rotatable bonds is 2. The summed E-state index contributed by atoms with van der Waals surface area (Å²) in [7, 11) is 0. The van der Waals surface area contributed by atoms with E-state index < -0.39 is 0 Å². The van der Waals surface area contributed by atoms with Gasteiger partial charge < -0.3 is 0 Å². The number of hydrogen-bond donors (Lipinski definition) is 0. The lowest BCUT2D eigenvalue weighted by atomic mass is 10.4. The van der Waals surface area contributed by atoms with E-state index in [1.807, 2.05) is 12.3 Å². The van der Waals surface area contributed by atoms with Crippen LogP contribution in [0.15, 0.2) is 16.2 Å². The molecule has 0 N–H and O–H groups in total. The molecule has 0 atom stereocenters. The highest BCUT2D eigenvalue weighted by molar-refractivity contribution is 7.09. The van der Waals surface area contributed by atoms with E-state index in [2.05, 4.69) is 9.97 Å². The standard InChI is InChI=1S/C10H10ClN3OS/c1-6-12-9(11)3-10(15)14(6)4-8-5-16-7(2)13-8/h3,5H,4H2,1-2H3. The summed E-state index contributed by atoms with van der Waals surface area (Å²) in [6.07, 6.45) is 0. The second-order valence-corrected chi connectivity index (χ2v) is 4.86. The van der Waals surface area contributed by atoms with Crippen LogP contribution in [0.4, 0.5) is 0 Å². The largest absolute Gasteiger partial charge is 0.291 e. The normalized spacial score (nSPS) is 10.7. The SMILES string of the molecule is Cc1nc(Cn2c(C)nc(Cl)cc2=O)cs1. The summed E-state index contributed by atoms with van der Waals surface area (Å²) in [4.78, 5) is 20.0. The van der Waals surface area contributed by atoms with Crippen LogP contribution < -0.4 is 5.56 Å². The molecule has 0 spiro atoms. The Morgan fingerprint density at radius 2 is 2.19 bits per heavy atom. The number of hydrogen-bond acceptors (Lipinski definition) is 4. The maximum atomic E-state index is 11.7. The molecule has 0 unspecified atom stereocenters. The van der Waals surface area contributed by atoms with Crippen molar-refractivity contribution < 1.29 is 0 Å². The number of halogens is 1. The van der Waals surface area contributed by atoms with Gasteiger partial charge >= 0.3 is 0 Å². The molecular formula is C10H10ClN3OS. The monoisotopic (exact) mass is 255 g/mol. The first kappa shape index (κ1) is 11.3. The molecular weight excluding hydrogens is 246 g/mol. The predicted octanol–water partition coefficient (Wildman–Crippen LogP) is 2.02. The van der Waals surface area contributed by atoms with Gasteiger partial charge in [0.25, 0.3) is 5.56 Å². The molecule has 4 nitrogen and oxygen atoms in total. The number of aryl methyl sites for hydroxylation is 2. The van der Waals surface area contributed by atoms with Crippen LogP contribution in [0.2, 0.25) is 5.15 Å². The highest BCUT2D eigenvalue weighted by Gasteiger charge is 2.06. The van der Waals surface area contributed by atoms with Crippen molar-refractivity contribution in [3.8, 4) is 0 Å². The fourth-order valence-electron chi connectivity index (χ4n) is 1.42. The first-order chi connectivity index (χ1) is 7.56. The molecule has 0 amide bonds. The minimum absolute atomic E-state index is 0.150. The van der Waals surface area contributed by atoms with E-state index in [4.69, 9.17) is 11.6 Å². The van der Waals surface area contributed by atoms with Crippen molar-refractivity contribution in [2.75, 3.05) is 0 Å². The molecule has 0 aliphatic heterocycles. The van der Waals surface area contributed by atoms with Gasteiger partial charge in [0.1, 0.15) is 11.0 Å². The molecule has 6 heteroatoms. The lowest BCUT2D eigenvalue weighted by molar-refractivity contribution is 0.688. The van der Waals surface area contributed by atoms with Crippen LogP contribution in [-0.2, 0) is 6.54 Å². The van der Waals surface area contributed by atoms with Crippen LogP contribution in [0.25, 0.3) is 0 Å². The summed E-state index contributed by atoms with van der Waals surface area (Å²) in [5, 5.41) is 3.16. The molecule has 0 bridgehead atoms. The van der Waals surface area contributed by atoms with Gasteiger partial charge in [-0.05, 0) is 13.8 Å². The van der Waals surface area contributed by atoms with E-state index in [9.17, 15) is 4.79 Å². The summed E-state index contributed by atoms with van der Waals surface area (Å²) in [5.41, 5.74) is 0.722. The molecule has 2 rings (SSSR count). The van der Waals surface area contributed by atoms with Crippen LogP contribution in [0.5, 0.6) is 0 Å². The second-order valence-electron chi connectivity index (χ2n) is 3.41. The molecule has 2 aromatic heterocycles. The van der Waals surface area contributed by atoms with Crippen LogP contribution in [0, 0.1) is 13.8 Å². The Bertz CT molecular complexity index is 576. The van der Waals surface area contributed by atoms with Gasteiger partial charge in [-0.2, -0.15) is 0 Å². The molecule has 2 aromatic rings. The Balaban J connectivity index is 2.38. The number of nitrogens with zero attached hydrogens (tertiary/aromatic N) is 3. The highest BCUT2D eigenvalue weighted by Crippen LogP contribution is 2.10. The zero-order valence-corrected chi connectivity index (χ0v) is 10.5. The molecule has 0 aromatic carbocycles. The van der Waals surface area contributed by atoms with Gasteiger partial charge in [-0.1, -0.05) is 11.6 Å². The smallest absolute Gasteiger partial charge is 0.255 e. The third kappa shape index (κ3) is 2.31. The zero-order valence-electron chi connectivity index (χ0n) is 8.90.